The van der Waals surface area contributed by atoms with Crippen LogP contribution in [0, 0.1) is 51.2 Å². The molecule has 7 heterocycles. The molecule has 0 amide bonds. The monoisotopic (exact) mass is 1190 g/mol. The predicted molar refractivity (Wildman–Crippen MR) is 356 cm³/mol. The number of fused-ring (bicyclic) bond motifs is 3. The minimum Gasteiger partial charge on any atom is -0.249 e. The zero-order valence-electron chi connectivity index (χ0n) is 49.4. The van der Waals surface area contributed by atoms with E-state index >= 15 is 8.78 Å². The Kier molecular flexibility index (Phi) is 22.7. The van der Waals surface area contributed by atoms with Gasteiger partial charge in [0.2, 0.25) is 0 Å². The summed E-state index contributed by atoms with van der Waals surface area (Å²) in [7, 11) is 0. The summed E-state index contributed by atoms with van der Waals surface area (Å²) in [5.41, 5.74) is 5.33. The highest BCUT2D eigenvalue weighted by atomic mass is 32.1. The zero-order chi connectivity index (χ0) is 56.1. The number of benzene rings is 2. The quantitative estimate of drug-likeness (QED) is 0.0383. The summed E-state index contributed by atoms with van der Waals surface area (Å²) in [5.74, 6) is -0.295. The second-order valence-corrected chi connectivity index (χ2v) is 30.2. The molecule has 0 N–H and O–H groups in total. The van der Waals surface area contributed by atoms with Crippen LogP contribution < -0.4 is 0 Å². The van der Waals surface area contributed by atoms with Gasteiger partial charge < -0.3 is 0 Å². The lowest BCUT2D eigenvalue weighted by Crippen LogP contribution is -2.04. The van der Waals surface area contributed by atoms with Crippen molar-refractivity contribution in [2.45, 2.75) is 222 Å². The van der Waals surface area contributed by atoms with Gasteiger partial charge in [-0.25, -0.2) is 18.7 Å². The van der Waals surface area contributed by atoms with E-state index in [2.05, 4.69) is 77.1 Å². The van der Waals surface area contributed by atoms with Crippen molar-refractivity contribution >= 4 is 99.2 Å². The Morgan fingerprint density at radius 1 is 0.362 bits per heavy atom. The first-order valence-corrected chi connectivity index (χ1v) is 35.9. The third kappa shape index (κ3) is 14.8. The summed E-state index contributed by atoms with van der Waals surface area (Å²) in [6.45, 7) is 17.3. The van der Waals surface area contributed by atoms with E-state index in [1.807, 2.05) is 84.3 Å². The van der Waals surface area contributed by atoms with E-state index < -0.39 is 11.6 Å². The van der Waals surface area contributed by atoms with E-state index in [4.69, 9.17) is 9.97 Å². The predicted octanol–water partition coefficient (Wildman–Crippen LogP) is 25.9. The minimum atomic E-state index is -0.867. The lowest BCUT2D eigenvalue weighted by Gasteiger charge is -2.16. The number of rotatable bonds is 33. The number of aromatic nitrogens is 2. The third-order valence-corrected chi connectivity index (χ3v) is 23.5. The minimum absolute atomic E-state index is 0.192. The van der Waals surface area contributed by atoms with Gasteiger partial charge in [0, 0.05) is 80.1 Å². The normalized spacial score (nSPS) is 12.8. The van der Waals surface area contributed by atoms with Crippen molar-refractivity contribution in [1.29, 1.82) is 0 Å². The second kappa shape index (κ2) is 29.7. The van der Waals surface area contributed by atoms with Gasteiger partial charge in [-0.3, -0.25) is 0 Å². The Morgan fingerprint density at radius 3 is 1.23 bits per heavy atom. The van der Waals surface area contributed by atoms with Crippen molar-refractivity contribution in [2.75, 3.05) is 0 Å². The lowest BCUT2D eigenvalue weighted by molar-refractivity contribution is 0.404. The van der Waals surface area contributed by atoms with Crippen LogP contribution in [-0.2, 0) is 12.8 Å². The first-order chi connectivity index (χ1) is 39.0. The highest BCUT2D eigenvalue weighted by Crippen LogP contribution is 2.54. The molecule has 9 rings (SSSR count). The van der Waals surface area contributed by atoms with Crippen LogP contribution in [0.5, 0.6) is 0 Å². The topological polar surface area (TPSA) is 25.8 Å². The molecule has 428 valence electrons. The molecule has 0 aliphatic heterocycles. The molecule has 2 aromatic carbocycles. The fourth-order valence-corrected chi connectivity index (χ4v) is 19.0. The smallest absolute Gasteiger partial charge is 0.170 e. The molecule has 0 spiro atoms. The van der Waals surface area contributed by atoms with Gasteiger partial charge >= 0.3 is 0 Å². The van der Waals surface area contributed by atoms with Gasteiger partial charge in [-0.2, -0.15) is 0 Å². The fraction of sp³-hybridized carbons (Fsp3) is 0.514. The van der Waals surface area contributed by atoms with Crippen molar-refractivity contribution in [3.63, 3.8) is 0 Å². The molecule has 0 aliphatic rings. The van der Waals surface area contributed by atoms with Crippen LogP contribution >= 0.6 is 68.0 Å². The zero-order valence-corrected chi connectivity index (χ0v) is 54.3. The van der Waals surface area contributed by atoms with E-state index in [9.17, 15) is 0 Å². The van der Waals surface area contributed by atoms with Gasteiger partial charge in [-0.15, -0.1) is 68.0 Å². The van der Waals surface area contributed by atoms with Crippen molar-refractivity contribution in [3.05, 3.63) is 103 Å². The van der Waals surface area contributed by atoms with Crippen molar-refractivity contribution in [1.82, 2.24) is 9.97 Å². The molecule has 2 unspecified atom stereocenters. The molecule has 80 heavy (non-hydrogen) atoms. The van der Waals surface area contributed by atoms with Crippen LogP contribution in [0.1, 0.15) is 213 Å². The summed E-state index contributed by atoms with van der Waals surface area (Å²) in [6.07, 6.45) is 34.4. The van der Waals surface area contributed by atoms with Crippen molar-refractivity contribution in [3.8, 4) is 51.5 Å². The molecule has 0 radical (unpaired) electrons. The van der Waals surface area contributed by atoms with Crippen LogP contribution in [0.2, 0.25) is 0 Å². The summed E-state index contributed by atoms with van der Waals surface area (Å²) in [6, 6.07) is 22.6. The molecule has 9 aromatic rings. The molecule has 7 aromatic heterocycles. The Balaban J connectivity index is 1.12. The summed E-state index contributed by atoms with van der Waals surface area (Å²) in [4.78, 5) is 21.5. The number of halogens is 2. The Hall–Kier alpha value is -3.64. The number of hydrogen-bond donors (Lipinski definition) is 0. The number of nitrogens with zero attached hydrogens (tertiary/aromatic N) is 2. The number of hydrogen-bond acceptors (Lipinski definition) is 8. The maximum absolute atomic E-state index is 17.0. The number of thiophene rings is 6. The van der Waals surface area contributed by atoms with Gasteiger partial charge in [0.1, 0.15) is 11.0 Å². The van der Waals surface area contributed by atoms with Crippen LogP contribution in [-0.4, -0.2) is 9.97 Å². The van der Waals surface area contributed by atoms with Gasteiger partial charge in [0.05, 0.1) is 22.5 Å². The maximum atomic E-state index is 17.0. The van der Waals surface area contributed by atoms with Crippen LogP contribution in [0.4, 0.5) is 8.78 Å². The Labute approximate surface area is 503 Å². The van der Waals surface area contributed by atoms with Gasteiger partial charge in [-0.05, 0) is 113 Å². The third-order valence-electron chi connectivity index (χ3n) is 16.7. The molecule has 0 aliphatic carbocycles. The summed E-state index contributed by atoms with van der Waals surface area (Å²) >= 11 is 10.8. The van der Waals surface area contributed by atoms with E-state index in [0.717, 1.165) is 39.3 Å². The van der Waals surface area contributed by atoms with Crippen LogP contribution in [0.3, 0.4) is 0 Å². The Morgan fingerprint density at radius 2 is 0.750 bits per heavy atom. The van der Waals surface area contributed by atoms with E-state index in [1.165, 1.54) is 232 Å². The lowest BCUT2D eigenvalue weighted by atomic mass is 9.91. The maximum Gasteiger partial charge on any atom is 0.170 e. The second-order valence-electron chi connectivity index (χ2n) is 23.2. The van der Waals surface area contributed by atoms with Gasteiger partial charge in [0.25, 0.3) is 0 Å². The summed E-state index contributed by atoms with van der Waals surface area (Å²) in [5, 5.41) is 2.65. The highest BCUT2D eigenvalue weighted by molar-refractivity contribution is 7.28. The van der Waals surface area contributed by atoms with Crippen LogP contribution in [0.15, 0.2) is 60.7 Å². The largest absolute Gasteiger partial charge is 0.249 e. The van der Waals surface area contributed by atoms with E-state index in [1.54, 1.807) is 0 Å². The molecule has 10 heteroatoms. The first kappa shape index (κ1) is 60.9. The highest BCUT2D eigenvalue weighted by Gasteiger charge is 2.29. The Bertz CT molecular complexity index is 3280. The standard InChI is InChI=1S/C70H88F2N2S6/c1-9-13-17-21-23-27-31-49(29-25-19-15-11-3)42-51-34-37-56(77-51)61-53-41-46(6)76-69(53)62(57-38-35-52(78-57)43-50(30-26-20-16-12-4)32-28-24-22-18-14-10-2)54-44-60(80-70(54)61)55-39-40-59(79-55)64-66(72)65(71)63(58-36-33-45(5)75-58)67-68(64)74-48(8)47(7)73-67/h33-41,44,49-50H,9-32,42-43H2,1-8H3. The molecule has 0 saturated heterocycles. The van der Waals surface area contributed by atoms with Gasteiger partial charge in [0.15, 0.2) is 11.6 Å². The molecule has 0 fully saturated rings. The first-order valence-electron chi connectivity index (χ1n) is 31.0. The molecule has 2 nitrogen and oxygen atoms in total. The van der Waals surface area contributed by atoms with Crippen molar-refractivity contribution in [2.24, 2.45) is 11.8 Å². The SMILES string of the molecule is CCCCCCCCC(CCCCCC)Cc1ccc(-c2c3cc(-c4ccc(-c5c(F)c(F)c(-c6ccc(C)s6)c6nc(C)c(C)nc56)s4)sc3c(-c3ccc(CC(CCCCCC)CCCCCCCC)s3)c3cc(C)sc23)s1. The van der Waals surface area contributed by atoms with Crippen LogP contribution in [0.25, 0.3) is 82.7 Å². The van der Waals surface area contributed by atoms with Crippen molar-refractivity contribution < 1.29 is 8.78 Å². The fourth-order valence-electron chi connectivity index (χ4n) is 12.2. The molecule has 2 atom stereocenters. The van der Waals surface area contributed by atoms with E-state index in [0.29, 0.717) is 32.2 Å². The molecule has 0 saturated carbocycles. The van der Waals surface area contributed by atoms with E-state index in [-0.39, 0.29) is 11.1 Å². The number of aryl methyl sites for hydroxylation is 4. The number of unbranched alkanes of at least 4 members (excludes halogenated alkanes) is 16. The average Bonchev–Trinajstić information content (AvgIpc) is 4.50. The molecule has 0 bridgehead atoms. The molecular weight excluding hydrogens is 1100 g/mol. The average molecular weight is 1190 g/mol. The summed E-state index contributed by atoms with van der Waals surface area (Å²) < 4.78 is 36.4. The molecular formula is C70H88F2N2S6. The van der Waals surface area contributed by atoms with Gasteiger partial charge in [-0.1, -0.05) is 182 Å².